The van der Waals surface area contributed by atoms with E-state index in [1.54, 1.807) is 0 Å². The maximum Gasteiger partial charge on any atom is 0.123 e. The van der Waals surface area contributed by atoms with Crippen molar-refractivity contribution in [3.63, 3.8) is 0 Å². The van der Waals surface area contributed by atoms with Crippen molar-refractivity contribution in [1.82, 2.24) is 5.32 Å². The van der Waals surface area contributed by atoms with Crippen LogP contribution in [0.1, 0.15) is 41.1 Å². The Hall–Kier alpha value is -1.80. The Morgan fingerprint density at radius 1 is 1.14 bits per heavy atom. The van der Waals surface area contributed by atoms with Gasteiger partial charge in [-0.2, -0.15) is 0 Å². The fourth-order valence-corrected chi connectivity index (χ4v) is 3.18. The van der Waals surface area contributed by atoms with Crippen LogP contribution >= 0.6 is 0 Å². The fraction of sp³-hybridized carbons (Fsp3) is 0.368. The zero-order valence-electron chi connectivity index (χ0n) is 12.9. The van der Waals surface area contributed by atoms with Crippen LogP contribution in [-0.2, 0) is 13.0 Å². The summed E-state index contributed by atoms with van der Waals surface area (Å²) in [6.07, 6.45) is 3.56. The van der Waals surface area contributed by atoms with E-state index in [0.29, 0.717) is 12.6 Å². The van der Waals surface area contributed by atoms with Gasteiger partial charge >= 0.3 is 0 Å². The summed E-state index contributed by atoms with van der Waals surface area (Å²) in [7, 11) is 2.04. The van der Waals surface area contributed by atoms with Crippen molar-refractivity contribution in [3.8, 4) is 5.75 Å². The van der Waals surface area contributed by atoms with Gasteiger partial charge in [0.25, 0.3) is 0 Å². The topological polar surface area (TPSA) is 21.3 Å². The van der Waals surface area contributed by atoms with E-state index >= 15 is 0 Å². The van der Waals surface area contributed by atoms with Crippen LogP contribution in [-0.4, -0.2) is 7.05 Å². The summed E-state index contributed by atoms with van der Waals surface area (Å²) in [6, 6.07) is 15.3. The molecule has 1 aliphatic rings. The average Bonchev–Trinajstić information content (AvgIpc) is 2.53. The van der Waals surface area contributed by atoms with Crippen LogP contribution in [0.4, 0.5) is 0 Å². The highest BCUT2D eigenvalue weighted by molar-refractivity contribution is 5.43. The van der Waals surface area contributed by atoms with Gasteiger partial charge in [0.1, 0.15) is 12.4 Å². The number of hydrogen-bond acceptors (Lipinski definition) is 2. The van der Waals surface area contributed by atoms with Crippen molar-refractivity contribution in [3.05, 3.63) is 64.7 Å². The molecule has 0 fully saturated rings. The van der Waals surface area contributed by atoms with Crippen molar-refractivity contribution in [2.75, 3.05) is 7.05 Å². The standard InChI is InChI=1S/C19H23NO/c1-14-7-3-4-8-15(14)13-21-19-12-6-9-16-17(19)10-5-11-18(16)20-2/h3-4,6-9,12,18,20H,5,10-11,13H2,1-2H3. The van der Waals surface area contributed by atoms with Gasteiger partial charge in [0.15, 0.2) is 0 Å². The number of ether oxygens (including phenoxy) is 1. The molecule has 1 N–H and O–H groups in total. The Morgan fingerprint density at radius 2 is 2.00 bits per heavy atom. The molecule has 2 nitrogen and oxygen atoms in total. The number of hydrogen-bond donors (Lipinski definition) is 1. The van der Waals surface area contributed by atoms with Crippen LogP contribution in [0, 0.1) is 6.92 Å². The van der Waals surface area contributed by atoms with Gasteiger partial charge in [-0.1, -0.05) is 36.4 Å². The SMILES string of the molecule is CNC1CCCc2c(OCc3ccccc3C)cccc21. The summed E-state index contributed by atoms with van der Waals surface area (Å²) in [4.78, 5) is 0. The van der Waals surface area contributed by atoms with E-state index in [9.17, 15) is 0 Å². The largest absolute Gasteiger partial charge is 0.489 e. The molecule has 0 saturated heterocycles. The molecule has 0 saturated carbocycles. The molecule has 0 heterocycles. The van der Waals surface area contributed by atoms with E-state index < -0.39 is 0 Å². The molecular formula is C19H23NO. The van der Waals surface area contributed by atoms with Gasteiger partial charge in [-0.05, 0) is 61.6 Å². The highest BCUT2D eigenvalue weighted by Gasteiger charge is 2.21. The molecule has 0 spiro atoms. The van der Waals surface area contributed by atoms with Gasteiger partial charge in [-0.15, -0.1) is 0 Å². The summed E-state index contributed by atoms with van der Waals surface area (Å²) in [5.41, 5.74) is 5.34. The van der Waals surface area contributed by atoms with E-state index in [1.807, 2.05) is 7.05 Å². The monoisotopic (exact) mass is 281 g/mol. The van der Waals surface area contributed by atoms with Crippen LogP contribution in [0.5, 0.6) is 5.75 Å². The van der Waals surface area contributed by atoms with Gasteiger partial charge in [0, 0.05) is 6.04 Å². The van der Waals surface area contributed by atoms with Crippen LogP contribution in [0.2, 0.25) is 0 Å². The Bertz CT molecular complexity index is 621. The van der Waals surface area contributed by atoms with Gasteiger partial charge < -0.3 is 10.1 Å². The lowest BCUT2D eigenvalue weighted by Crippen LogP contribution is -2.22. The lowest BCUT2D eigenvalue weighted by molar-refractivity contribution is 0.299. The van der Waals surface area contributed by atoms with Gasteiger partial charge in [-0.3, -0.25) is 0 Å². The molecule has 0 aliphatic heterocycles. The highest BCUT2D eigenvalue weighted by Crippen LogP contribution is 2.35. The van der Waals surface area contributed by atoms with Crippen molar-refractivity contribution in [2.24, 2.45) is 0 Å². The minimum absolute atomic E-state index is 0.468. The van der Waals surface area contributed by atoms with E-state index in [2.05, 4.69) is 54.7 Å². The second-order valence-corrected chi connectivity index (χ2v) is 5.77. The van der Waals surface area contributed by atoms with E-state index in [4.69, 9.17) is 4.74 Å². The normalized spacial score (nSPS) is 17.3. The highest BCUT2D eigenvalue weighted by atomic mass is 16.5. The molecule has 0 radical (unpaired) electrons. The van der Waals surface area contributed by atoms with E-state index in [0.717, 1.165) is 12.2 Å². The van der Waals surface area contributed by atoms with E-state index in [-0.39, 0.29) is 0 Å². The first-order valence-corrected chi connectivity index (χ1v) is 7.76. The number of rotatable bonds is 4. The molecule has 110 valence electrons. The Balaban J connectivity index is 1.82. The second-order valence-electron chi connectivity index (χ2n) is 5.77. The van der Waals surface area contributed by atoms with Crippen molar-refractivity contribution >= 4 is 0 Å². The minimum atomic E-state index is 0.468. The molecule has 21 heavy (non-hydrogen) atoms. The molecule has 0 amide bonds. The van der Waals surface area contributed by atoms with Gasteiger partial charge in [-0.25, -0.2) is 0 Å². The summed E-state index contributed by atoms with van der Waals surface area (Å²) in [6.45, 7) is 2.78. The van der Waals surface area contributed by atoms with E-state index in [1.165, 1.54) is 35.1 Å². The molecule has 0 bridgehead atoms. The van der Waals surface area contributed by atoms with Crippen molar-refractivity contribution < 1.29 is 4.74 Å². The summed E-state index contributed by atoms with van der Waals surface area (Å²) >= 11 is 0. The third kappa shape index (κ3) is 2.96. The zero-order valence-corrected chi connectivity index (χ0v) is 12.9. The number of aryl methyl sites for hydroxylation is 1. The number of fused-ring (bicyclic) bond motifs is 1. The lowest BCUT2D eigenvalue weighted by atomic mass is 9.87. The molecule has 2 aromatic rings. The van der Waals surface area contributed by atoms with Crippen molar-refractivity contribution in [1.29, 1.82) is 0 Å². The quantitative estimate of drug-likeness (QED) is 0.908. The Morgan fingerprint density at radius 3 is 2.81 bits per heavy atom. The van der Waals surface area contributed by atoms with Crippen LogP contribution in [0.25, 0.3) is 0 Å². The molecular weight excluding hydrogens is 258 g/mol. The molecule has 3 rings (SSSR count). The van der Waals surface area contributed by atoms with Crippen LogP contribution in [0.3, 0.4) is 0 Å². The first kappa shape index (κ1) is 14.2. The first-order valence-electron chi connectivity index (χ1n) is 7.76. The predicted octanol–water partition coefficient (Wildman–Crippen LogP) is 4.17. The average molecular weight is 281 g/mol. The zero-order chi connectivity index (χ0) is 14.7. The third-order valence-corrected chi connectivity index (χ3v) is 4.46. The van der Waals surface area contributed by atoms with Crippen molar-refractivity contribution in [2.45, 2.75) is 38.8 Å². The molecule has 1 unspecified atom stereocenters. The van der Waals surface area contributed by atoms with Crippen LogP contribution in [0.15, 0.2) is 42.5 Å². The predicted molar refractivity (Wildman–Crippen MR) is 86.7 cm³/mol. The number of benzene rings is 2. The first-order chi connectivity index (χ1) is 10.3. The fourth-order valence-electron chi connectivity index (χ4n) is 3.18. The Labute approximate surface area is 127 Å². The molecule has 1 atom stereocenters. The Kier molecular flexibility index (Phi) is 4.26. The minimum Gasteiger partial charge on any atom is -0.489 e. The molecule has 0 aromatic heterocycles. The second kappa shape index (κ2) is 6.31. The third-order valence-electron chi connectivity index (χ3n) is 4.46. The van der Waals surface area contributed by atoms with Gasteiger partial charge in [0.2, 0.25) is 0 Å². The molecule has 2 aromatic carbocycles. The summed E-state index contributed by atoms with van der Waals surface area (Å²) < 4.78 is 6.14. The number of nitrogens with one attached hydrogen (secondary N) is 1. The van der Waals surface area contributed by atoms with Crippen LogP contribution < -0.4 is 10.1 Å². The maximum atomic E-state index is 6.14. The van der Waals surface area contributed by atoms with Gasteiger partial charge in [0.05, 0.1) is 0 Å². The summed E-state index contributed by atoms with van der Waals surface area (Å²) in [5.74, 6) is 1.05. The smallest absolute Gasteiger partial charge is 0.123 e. The maximum absolute atomic E-state index is 6.14. The molecule has 1 aliphatic carbocycles. The molecule has 2 heteroatoms. The summed E-state index contributed by atoms with van der Waals surface area (Å²) in [5, 5.41) is 3.41. The lowest BCUT2D eigenvalue weighted by Gasteiger charge is -2.27.